The number of hydrogen-bond acceptors (Lipinski definition) is 6. The second kappa shape index (κ2) is 7.26. The van der Waals surface area contributed by atoms with Gasteiger partial charge in [-0.05, 0) is 34.1 Å². The van der Waals surface area contributed by atoms with Crippen molar-refractivity contribution in [2.75, 3.05) is 5.32 Å². The van der Waals surface area contributed by atoms with Crippen molar-refractivity contribution >= 4 is 55.6 Å². The average Bonchev–Trinajstić information content (AvgIpc) is 3.03. The smallest absolute Gasteiger partial charge is 0.284 e. The molecule has 0 unspecified atom stereocenters. The summed E-state index contributed by atoms with van der Waals surface area (Å²) in [5.41, 5.74) is 0.660. The van der Waals surface area contributed by atoms with E-state index < -0.39 is 10.8 Å². The molecule has 1 N–H and O–H groups in total. The van der Waals surface area contributed by atoms with E-state index in [1.165, 1.54) is 18.2 Å². The van der Waals surface area contributed by atoms with Crippen LogP contribution in [0.3, 0.4) is 0 Å². The van der Waals surface area contributed by atoms with Crippen LogP contribution in [0, 0.1) is 10.1 Å². The number of halogens is 2. The highest BCUT2D eigenvalue weighted by atomic mass is 79.9. The minimum atomic E-state index is -0.568. The number of benzene rings is 2. The minimum Gasteiger partial charge on any atom is -0.296 e. The SMILES string of the molecule is O=C(Nc1nnc(-c2ccccc2Cl)s1)c1ccc(Br)c([N+](=O)[O-])c1. The summed E-state index contributed by atoms with van der Waals surface area (Å²) in [6.45, 7) is 0. The number of amides is 1. The molecule has 0 aliphatic carbocycles. The van der Waals surface area contributed by atoms with Crippen LogP contribution in [-0.2, 0) is 0 Å². The zero-order valence-corrected chi connectivity index (χ0v) is 15.4. The molecule has 1 amide bonds. The number of anilines is 1. The van der Waals surface area contributed by atoms with Gasteiger partial charge < -0.3 is 0 Å². The highest BCUT2D eigenvalue weighted by molar-refractivity contribution is 9.10. The van der Waals surface area contributed by atoms with E-state index in [9.17, 15) is 14.9 Å². The van der Waals surface area contributed by atoms with E-state index in [2.05, 4.69) is 31.4 Å². The van der Waals surface area contributed by atoms with Gasteiger partial charge >= 0.3 is 0 Å². The van der Waals surface area contributed by atoms with E-state index in [1.54, 1.807) is 18.2 Å². The van der Waals surface area contributed by atoms with Gasteiger partial charge in [0.2, 0.25) is 5.13 Å². The molecule has 0 radical (unpaired) electrons. The Kier molecular flexibility index (Phi) is 5.07. The average molecular weight is 440 g/mol. The fraction of sp³-hybridized carbons (Fsp3) is 0. The first-order valence-corrected chi connectivity index (χ1v) is 8.78. The molecule has 0 spiro atoms. The quantitative estimate of drug-likeness (QED) is 0.466. The van der Waals surface area contributed by atoms with E-state index in [0.717, 1.165) is 11.3 Å². The molecule has 1 heterocycles. The third kappa shape index (κ3) is 3.84. The van der Waals surface area contributed by atoms with Gasteiger partial charge in [0.1, 0.15) is 0 Å². The second-order valence-corrected chi connectivity index (χ2v) is 7.01. The van der Waals surface area contributed by atoms with Gasteiger partial charge in [0.15, 0.2) is 5.01 Å². The Balaban J connectivity index is 1.82. The van der Waals surface area contributed by atoms with E-state index in [1.807, 2.05) is 6.07 Å². The van der Waals surface area contributed by atoms with Crippen LogP contribution >= 0.6 is 38.9 Å². The normalized spacial score (nSPS) is 10.5. The molecule has 0 bridgehead atoms. The maximum atomic E-state index is 12.3. The van der Waals surface area contributed by atoms with Crippen LogP contribution in [0.25, 0.3) is 10.6 Å². The van der Waals surface area contributed by atoms with Crippen molar-refractivity contribution in [2.24, 2.45) is 0 Å². The standard InChI is InChI=1S/C15H8BrClN4O3S/c16-10-6-5-8(7-12(10)21(23)24)13(22)18-15-20-19-14(25-15)9-3-1-2-4-11(9)17/h1-7H,(H,18,20,22). The van der Waals surface area contributed by atoms with Crippen LogP contribution < -0.4 is 5.32 Å². The van der Waals surface area contributed by atoms with Crippen molar-refractivity contribution in [1.82, 2.24) is 10.2 Å². The Morgan fingerprint density at radius 1 is 1.24 bits per heavy atom. The Labute approximate surface area is 158 Å². The highest BCUT2D eigenvalue weighted by Gasteiger charge is 2.17. The number of carbonyl (C=O) groups is 1. The zero-order chi connectivity index (χ0) is 18.0. The molecule has 3 rings (SSSR count). The van der Waals surface area contributed by atoms with Crippen molar-refractivity contribution in [2.45, 2.75) is 0 Å². The molecule has 126 valence electrons. The second-order valence-electron chi connectivity index (χ2n) is 4.77. The molecule has 0 aliphatic rings. The number of hydrogen-bond donors (Lipinski definition) is 1. The maximum absolute atomic E-state index is 12.3. The Bertz CT molecular complexity index is 979. The van der Waals surface area contributed by atoms with Gasteiger partial charge in [0, 0.05) is 17.2 Å². The number of rotatable bonds is 4. The third-order valence-corrected chi connectivity index (χ3v) is 5.03. The van der Waals surface area contributed by atoms with Gasteiger partial charge in [-0.1, -0.05) is 41.1 Å². The molecule has 0 saturated carbocycles. The van der Waals surface area contributed by atoms with Crippen LogP contribution in [0.15, 0.2) is 46.9 Å². The van der Waals surface area contributed by atoms with Gasteiger partial charge in [-0.2, -0.15) is 0 Å². The number of nitrogens with one attached hydrogen (secondary N) is 1. The molecular weight excluding hydrogens is 432 g/mol. The Morgan fingerprint density at radius 3 is 2.72 bits per heavy atom. The lowest BCUT2D eigenvalue weighted by atomic mass is 10.2. The first-order chi connectivity index (χ1) is 12.0. The molecule has 25 heavy (non-hydrogen) atoms. The van der Waals surface area contributed by atoms with Crippen molar-refractivity contribution < 1.29 is 9.72 Å². The van der Waals surface area contributed by atoms with Gasteiger partial charge in [-0.3, -0.25) is 20.2 Å². The number of nitro groups is 1. The summed E-state index contributed by atoms with van der Waals surface area (Å²) in [5.74, 6) is -0.516. The van der Waals surface area contributed by atoms with Gasteiger partial charge in [-0.15, -0.1) is 10.2 Å². The molecule has 3 aromatic rings. The fourth-order valence-corrected chi connectivity index (χ4v) is 3.43. The lowest BCUT2D eigenvalue weighted by molar-refractivity contribution is -0.385. The minimum absolute atomic E-state index is 0.143. The summed E-state index contributed by atoms with van der Waals surface area (Å²) in [6.07, 6.45) is 0. The molecule has 1 aromatic heterocycles. The van der Waals surface area contributed by atoms with Crippen molar-refractivity contribution in [3.63, 3.8) is 0 Å². The van der Waals surface area contributed by atoms with Crippen molar-refractivity contribution in [3.05, 3.63) is 67.6 Å². The summed E-state index contributed by atoms with van der Waals surface area (Å²) in [5, 5.41) is 22.8. The van der Waals surface area contributed by atoms with E-state index >= 15 is 0 Å². The van der Waals surface area contributed by atoms with Crippen molar-refractivity contribution in [3.8, 4) is 10.6 Å². The lowest BCUT2D eigenvalue weighted by Gasteiger charge is -2.02. The number of nitrogens with zero attached hydrogens (tertiary/aromatic N) is 3. The van der Waals surface area contributed by atoms with Crippen LogP contribution in [-0.4, -0.2) is 21.0 Å². The fourth-order valence-electron chi connectivity index (χ4n) is 1.98. The molecule has 2 aromatic carbocycles. The molecule has 0 atom stereocenters. The number of nitro benzene ring substituents is 1. The summed E-state index contributed by atoms with van der Waals surface area (Å²) in [7, 11) is 0. The Hall–Kier alpha value is -2.36. The summed E-state index contributed by atoms with van der Waals surface area (Å²) < 4.78 is 0.297. The predicted octanol–water partition coefficient (Wildman–Crippen LogP) is 4.78. The topological polar surface area (TPSA) is 98.0 Å². The monoisotopic (exact) mass is 438 g/mol. The summed E-state index contributed by atoms with van der Waals surface area (Å²) >= 11 is 10.3. The Morgan fingerprint density at radius 2 is 2.00 bits per heavy atom. The van der Waals surface area contributed by atoms with Crippen LogP contribution in [0.4, 0.5) is 10.8 Å². The molecule has 0 saturated heterocycles. The van der Waals surface area contributed by atoms with E-state index in [4.69, 9.17) is 11.6 Å². The predicted molar refractivity (Wildman–Crippen MR) is 99.1 cm³/mol. The molecule has 10 heteroatoms. The van der Waals surface area contributed by atoms with Crippen LogP contribution in [0.2, 0.25) is 5.02 Å². The molecule has 0 aliphatic heterocycles. The molecule has 0 fully saturated rings. The summed E-state index contributed by atoms with van der Waals surface area (Å²) in [4.78, 5) is 22.7. The van der Waals surface area contributed by atoms with E-state index in [0.29, 0.717) is 20.1 Å². The maximum Gasteiger partial charge on any atom is 0.284 e. The lowest BCUT2D eigenvalue weighted by Crippen LogP contribution is -2.12. The molecule has 7 nitrogen and oxygen atoms in total. The van der Waals surface area contributed by atoms with Crippen molar-refractivity contribution in [1.29, 1.82) is 0 Å². The molecular formula is C15H8BrClN4O3S. The summed E-state index contributed by atoms with van der Waals surface area (Å²) in [6, 6.07) is 11.3. The van der Waals surface area contributed by atoms with Crippen LogP contribution in [0.1, 0.15) is 10.4 Å². The first-order valence-electron chi connectivity index (χ1n) is 6.79. The van der Waals surface area contributed by atoms with Gasteiger partial charge in [0.05, 0.1) is 14.4 Å². The first kappa shape index (κ1) is 17.5. The van der Waals surface area contributed by atoms with Crippen LogP contribution in [0.5, 0.6) is 0 Å². The third-order valence-electron chi connectivity index (χ3n) is 3.15. The van der Waals surface area contributed by atoms with Gasteiger partial charge in [0.25, 0.3) is 11.6 Å². The number of carbonyl (C=O) groups excluding carboxylic acids is 1. The van der Waals surface area contributed by atoms with E-state index in [-0.39, 0.29) is 16.4 Å². The highest BCUT2D eigenvalue weighted by Crippen LogP contribution is 2.32. The van der Waals surface area contributed by atoms with Gasteiger partial charge in [-0.25, -0.2) is 0 Å². The zero-order valence-electron chi connectivity index (χ0n) is 12.3. The number of aromatic nitrogens is 2. The largest absolute Gasteiger partial charge is 0.296 e.